The van der Waals surface area contributed by atoms with Crippen LogP contribution in [0.25, 0.3) is 0 Å². The minimum absolute atomic E-state index is 1.11. The minimum Gasteiger partial charge on any atom is -0.0622 e. The van der Waals surface area contributed by atoms with Gasteiger partial charge in [0.2, 0.25) is 0 Å². The normalized spacial score (nSPS) is 10.6. The summed E-state index contributed by atoms with van der Waals surface area (Å²) in [6.07, 6.45) is 12.0. The van der Waals surface area contributed by atoms with Crippen molar-refractivity contribution in [3.63, 3.8) is 0 Å². The second-order valence-electron chi connectivity index (χ2n) is 4.56. The van der Waals surface area contributed by atoms with Gasteiger partial charge in [-0.25, -0.2) is 0 Å². The Balaban J connectivity index is 1.89. The van der Waals surface area contributed by atoms with Crippen molar-refractivity contribution in [2.45, 2.75) is 57.8 Å². The zero-order chi connectivity index (χ0) is 11.5. The van der Waals surface area contributed by atoms with Crippen LogP contribution in [0.5, 0.6) is 0 Å². The lowest BCUT2D eigenvalue weighted by atomic mass is 10.0. The van der Waals surface area contributed by atoms with Gasteiger partial charge in [-0.15, -0.1) is 0 Å². The molecule has 0 spiro atoms. The number of unbranched alkanes of at least 4 members (excludes halogenated alkanes) is 7. The fraction of sp³-hybridized carbons (Fsp3) is 0.562. The van der Waals surface area contributed by atoms with Gasteiger partial charge in [-0.1, -0.05) is 82.2 Å². The van der Waals surface area contributed by atoms with Gasteiger partial charge in [0, 0.05) is 0 Å². The second-order valence-corrected chi connectivity index (χ2v) is 4.56. The molecule has 0 aromatic heterocycles. The predicted molar refractivity (Wildman–Crippen MR) is 72.4 cm³/mol. The van der Waals surface area contributed by atoms with Crippen molar-refractivity contribution >= 4 is 0 Å². The van der Waals surface area contributed by atoms with Crippen LogP contribution in [0.3, 0.4) is 0 Å². The van der Waals surface area contributed by atoms with Gasteiger partial charge in [0.25, 0.3) is 0 Å². The summed E-state index contributed by atoms with van der Waals surface area (Å²) in [5.74, 6) is 0. The van der Waals surface area contributed by atoms with Crippen LogP contribution in [0.4, 0.5) is 0 Å². The molecule has 16 heavy (non-hydrogen) atoms. The van der Waals surface area contributed by atoms with Crippen LogP contribution in [0.15, 0.2) is 30.3 Å². The second kappa shape index (κ2) is 9.45. The zero-order valence-corrected chi connectivity index (χ0v) is 10.5. The van der Waals surface area contributed by atoms with Crippen LogP contribution in [-0.4, -0.2) is 0 Å². The Morgan fingerprint density at radius 1 is 0.688 bits per heavy atom. The van der Waals surface area contributed by atoms with Gasteiger partial charge in [-0.3, -0.25) is 0 Å². The van der Waals surface area contributed by atoms with Crippen LogP contribution in [0, 0.1) is 6.92 Å². The Bertz CT molecular complexity index is 237. The summed E-state index contributed by atoms with van der Waals surface area (Å²) in [5, 5.41) is 0. The Hall–Kier alpha value is -0.780. The summed E-state index contributed by atoms with van der Waals surface area (Å²) < 4.78 is 0. The Labute approximate surface area is 101 Å². The number of benzene rings is 1. The Morgan fingerprint density at radius 2 is 1.25 bits per heavy atom. The van der Waals surface area contributed by atoms with Gasteiger partial charge in [-0.05, 0) is 18.4 Å². The van der Waals surface area contributed by atoms with Gasteiger partial charge in [0.1, 0.15) is 0 Å². The molecule has 0 fully saturated rings. The number of hydrogen-bond acceptors (Lipinski definition) is 0. The SMILES string of the molecule is [CH2]CCCCCCCCCc1ccccc1. The van der Waals surface area contributed by atoms with Crippen molar-refractivity contribution in [3.8, 4) is 0 Å². The van der Waals surface area contributed by atoms with E-state index in [0.717, 1.165) is 6.42 Å². The summed E-state index contributed by atoms with van der Waals surface area (Å²) in [5.41, 5.74) is 1.49. The first kappa shape index (κ1) is 13.3. The standard InChI is InChI=1S/C16H25/c1-2-3-4-5-6-7-8-10-13-16-14-11-9-12-15-16/h9,11-12,14-15H,1-8,10,13H2. The first-order valence-electron chi connectivity index (χ1n) is 6.76. The van der Waals surface area contributed by atoms with Crippen LogP contribution in [0.1, 0.15) is 56.9 Å². The molecule has 1 radical (unpaired) electrons. The van der Waals surface area contributed by atoms with E-state index in [2.05, 4.69) is 37.3 Å². The Kier molecular flexibility index (Phi) is 7.84. The summed E-state index contributed by atoms with van der Waals surface area (Å²) in [6.45, 7) is 3.87. The molecule has 0 aliphatic heterocycles. The molecule has 0 saturated carbocycles. The molecule has 0 aliphatic rings. The molecule has 0 heteroatoms. The molecule has 0 unspecified atom stereocenters. The van der Waals surface area contributed by atoms with Crippen molar-refractivity contribution in [2.24, 2.45) is 0 Å². The molecule has 0 bridgehead atoms. The zero-order valence-electron chi connectivity index (χ0n) is 10.5. The van der Waals surface area contributed by atoms with Gasteiger partial charge in [0.05, 0.1) is 0 Å². The van der Waals surface area contributed by atoms with E-state index in [1.54, 1.807) is 0 Å². The highest BCUT2D eigenvalue weighted by molar-refractivity contribution is 5.14. The van der Waals surface area contributed by atoms with Crippen molar-refractivity contribution < 1.29 is 0 Å². The average molecular weight is 217 g/mol. The first-order chi connectivity index (χ1) is 7.93. The third-order valence-corrected chi connectivity index (χ3v) is 3.06. The van der Waals surface area contributed by atoms with Crippen LogP contribution in [-0.2, 0) is 6.42 Å². The van der Waals surface area contributed by atoms with Gasteiger partial charge in [-0.2, -0.15) is 0 Å². The minimum atomic E-state index is 1.11. The molecule has 0 N–H and O–H groups in total. The predicted octanol–water partition coefficient (Wildman–Crippen LogP) is 5.18. The number of hydrogen-bond donors (Lipinski definition) is 0. The summed E-state index contributed by atoms with van der Waals surface area (Å²) >= 11 is 0. The van der Waals surface area contributed by atoms with Crippen molar-refractivity contribution in [3.05, 3.63) is 42.8 Å². The van der Waals surface area contributed by atoms with Gasteiger partial charge in [0.15, 0.2) is 0 Å². The molecule has 1 rings (SSSR count). The van der Waals surface area contributed by atoms with E-state index in [1.165, 1.54) is 56.9 Å². The highest BCUT2D eigenvalue weighted by Crippen LogP contribution is 2.10. The van der Waals surface area contributed by atoms with E-state index in [4.69, 9.17) is 0 Å². The van der Waals surface area contributed by atoms with Crippen LogP contribution >= 0.6 is 0 Å². The van der Waals surface area contributed by atoms with E-state index in [1.807, 2.05) is 0 Å². The molecule has 0 saturated heterocycles. The van der Waals surface area contributed by atoms with E-state index in [-0.39, 0.29) is 0 Å². The monoisotopic (exact) mass is 217 g/mol. The molecule has 0 aliphatic carbocycles. The molecular weight excluding hydrogens is 192 g/mol. The quantitative estimate of drug-likeness (QED) is 0.500. The first-order valence-corrected chi connectivity index (χ1v) is 6.76. The smallest absolute Gasteiger partial charge is 0.0279 e. The van der Waals surface area contributed by atoms with Crippen molar-refractivity contribution in [1.82, 2.24) is 0 Å². The fourth-order valence-corrected chi connectivity index (χ4v) is 2.03. The molecule has 1 aromatic carbocycles. The molecule has 0 amide bonds. The maximum atomic E-state index is 3.87. The molecule has 0 nitrogen and oxygen atoms in total. The molecular formula is C16H25. The summed E-state index contributed by atoms with van der Waals surface area (Å²) in [7, 11) is 0. The average Bonchev–Trinajstić information content (AvgIpc) is 2.34. The molecule has 89 valence electrons. The van der Waals surface area contributed by atoms with E-state index >= 15 is 0 Å². The van der Waals surface area contributed by atoms with E-state index < -0.39 is 0 Å². The lowest BCUT2D eigenvalue weighted by molar-refractivity contribution is 0.581. The maximum Gasteiger partial charge on any atom is -0.0279 e. The third kappa shape index (κ3) is 6.66. The van der Waals surface area contributed by atoms with Gasteiger partial charge < -0.3 is 0 Å². The highest BCUT2D eigenvalue weighted by atomic mass is 14.0. The Morgan fingerprint density at radius 3 is 1.88 bits per heavy atom. The largest absolute Gasteiger partial charge is 0.0622 e. The van der Waals surface area contributed by atoms with E-state index in [0.29, 0.717) is 0 Å². The maximum absolute atomic E-state index is 3.87. The van der Waals surface area contributed by atoms with Crippen LogP contribution in [0.2, 0.25) is 0 Å². The van der Waals surface area contributed by atoms with E-state index in [9.17, 15) is 0 Å². The highest BCUT2D eigenvalue weighted by Gasteiger charge is 1.93. The number of aryl methyl sites for hydroxylation is 1. The van der Waals surface area contributed by atoms with Crippen molar-refractivity contribution in [2.75, 3.05) is 0 Å². The fourth-order valence-electron chi connectivity index (χ4n) is 2.03. The summed E-state index contributed by atoms with van der Waals surface area (Å²) in [6, 6.07) is 10.8. The lowest BCUT2D eigenvalue weighted by Gasteiger charge is -2.02. The number of rotatable bonds is 9. The lowest BCUT2D eigenvalue weighted by Crippen LogP contribution is -1.85. The molecule has 0 heterocycles. The molecule has 1 aromatic rings. The topological polar surface area (TPSA) is 0 Å². The summed E-state index contributed by atoms with van der Waals surface area (Å²) in [4.78, 5) is 0. The van der Waals surface area contributed by atoms with Crippen molar-refractivity contribution in [1.29, 1.82) is 0 Å². The molecule has 0 atom stereocenters. The van der Waals surface area contributed by atoms with Gasteiger partial charge >= 0.3 is 0 Å². The van der Waals surface area contributed by atoms with Crippen LogP contribution < -0.4 is 0 Å². The third-order valence-electron chi connectivity index (χ3n) is 3.06.